The molecule has 3 rings (SSSR count). The number of hydrogen-bond acceptors (Lipinski definition) is 10. The predicted octanol–water partition coefficient (Wildman–Crippen LogP) is 0.644. The number of aromatic hydroxyl groups is 2. The molecule has 2 heterocycles. The minimum atomic E-state index is -0.791. The zero-order valence-corrected chi connectivity index (χ0v) is 16.7. The van der Waals surface area contributed by atoms with E-state index < -0.39 is 51.8 Å². The fourth-order valence-electron chi connectivity index (χ4n) is 3.38. The molecule has 0 spiro atoms. The second kappa shape index (κ2) is 8.70. The number of benzene rings is 1. The molecule has 2 aliphatic rings. The minimum Gasteiger partial charge on any atom is -0.504 e. The van der Waals surface area contributed by atoms with Gasteiger partial charge < -0.3 is 39.2 Å². The number of nitro groups is 1. The van der Waals surface area contributed by atoms with Crippen molar-refractivity contribution in [1.82, 2.24) is 5.32 Å². The Balaban J connectivity index is 1.48. The lowest BCUT2D eigenvalue weighted by molar-refractivity contribution is -0.385. The quantitative estimate of drug-likeness (QED) is 0.232. The van der Waals surface area contributed by atoms with E-state index in [1.165, 1.54) is 7.11 Å². The molecule has 3 N–H and O–H groups in total. The maximum Gasteiger partial charge on any atom is 0.274 e. The van der Waals surface area contributed by atoms with Gasteiger partial charge in [-0.25, -0.2) is 0 Å². The van der Waals surface area contributed by atoms with Gasteiger partial charge in [0.2, 0.25) is 0 Å². The predicted molar refractivity (Wildman–Crippen MR) is 99.1 cm³/mol. The summed E-state index contributed by atoms with van der Waals surface area (Å²) in [7, 11) is 1.51. The van der Waals surface area contributed by atoms with Crippen LogP contribution in [0, 0.1) is 10.1 Å². The maximum absolute atomic E-state index is 12.2. The topological polar surface area (TPSA) is 159 Å². The smallest absolute Gasteiger partial charge is 0.274 e. The molecule has 2 aliphatic heterocycles. The number of phenolic OH excluding ortho intramolecular Hbond substituents is 2. The molecule has 30 heavy (non-hydrogen) atoms. The first-order chi connectivity index (χ1) is 14.1. The summed E-state index contributed by atoms with van der Waals surface area (Å²) >= 11 is 0. The second-order valence-electron chi connectivity index (χ2n) is 7.29. The fraction of sp³-hybridized carbons (Fsp3) is 0.611. The van der Waals surface area contributed by atoms with Gasteiger partial charge in [-0.15, -0.1) is 0 Å². The number of hydrogen-bond donors (Lipinski definition) is 3. The second-order valence-corrected chi connectivity index (χ2v) is 7.29. The third-order valence-corrected chi connectivity index (χ3v) is 4.68. The number of non-ortho nitro benzene ring substituents is 1. The van der Waals surface area contributed by atoms with Crippen LogP contribution in [0.2, 0.25) is 0 Å². The normalized spacial score (nSPS) is 27.0. The van der Waals surface area contributed by atoms with Crippen LogP contribution in [0.1, 0.15) is 24.2 Å². The third-order valence-electron chi connectivity index (χ3n) is 4.68. The number of fused-ring (bicyclic) bond motifs is 1. The summed E-state index contributed by atoms with van der Waals surface area (Å²) in [5, 5.41) is 32.6. The summed E-state index contributed by atoms with van der Waals surface area (Å²) in [5.74, 6) is -3.04. The van der Waals surface area contributed by atoms with Crippen LogP contribution in [0.5, 0.6) is 11.5 Å². The lowest BCUT2D eigenvalue weighted by atomic mass is 10.1. The van der Waals surface area contributed by atoms with Gasteiger partial charge >= 0.3 is 0 Å². The van der Waals surface area contributed by atoms with Crippen LogP contribution < -0.4 is 5.32 Å². The number of carbonyl (C=O) groups excluding carboxylic acids is 1. The molecule has 0 radical (unpaired) electrons. The van der Waals surface area contributed by atoms with Crippen molar-refractivity contribution in [3.8, 4) is 11.5 Å². The Bertz CT molecular complexity index is 814. The molecule has 4 atom stereocenters. The summed E-state index contributed by atoms with van der Waals surface area (Å²) in [6, 6.07) is 1.63. The zero-order chi connectivity index (χ0) is 22.1. The maximum atomic E-state index is 12.2. The van der Waals surface area contributed by atoms with E-state index in [0.717, 1.165) is 12.1 Å². The standard InChI is InChI=1S/C18H24N2O10/c1-18(2)29-14-12(28-17(26-3)15(14)30-18)8-27-5-4-19-16(23)10-6-9(20(24)25)7-11(21)13(10)22/h6-7,12,14-15,17,21-22H,4-5,8H2,1-3H3,(H,19,23)/t12-,14-,15-,17-/m1/s1. The van der Waals surface area contributed by atoms with E-state index in [2.05, 4.69) is 5.32 Å². The van der Waals surface area contributed by atoms with Gasteiger partial charge in [0.1, 0.15) is 18.3 Å². The van der Waals surface area contributed by atoms with Crippen LogP contribution in [0.25, 0.3) is 0 Å². The number of nitro benzene ring substituents is 1. The number of phenols is 2. The molecule has 0 bridgehead atoms. The van der Waals surface area contributed by atoms with E-state index in [9.17, 15) is 25.1 Å². The fourth-order valence-corrected chi connectivity index (χ4v) is 3.38. The van der Waals surface area contributed by atoms with Crippen LogP contribution in [-0.2, 0) is 23.7 Å². The Morgan fingerprint density at radius 3 is 2.67 bits per heavy atom. The molecule has 2 saturated heterocycles. The first kappa shape index (κ1) is 22.2. The largest absolute Gasteiger partial charge is 0.504 e. The number of ether oxygens (including phenoxy) is 5. The Hall–Kier alpha value is -2.51. The van der Waals surface area contributed by atoms with Gasteiger partial charge in [0.05, 0.1) is 29.8 Å². The molecule has 0 unspecified atom stereocenters. The van der Waals surface area contributed by atoms with E-state index in [0.29, 0.717) is 0 Å². The number of amides is 1. The van der Waals surface area contributed by atoms with E-state index in [1.54, 1.807) is 13.8 Å². The lowest BCUT2D eigenvalue weighted by Crippen LogP contribution is -2.34. The Morgan fingerprint density at radius 2 is 2.00 bits per heavy atom. The Kier molecular flexibility index (Phi) is 6.43. The molecule has 1 aromatic rings. The van der Waals surface area contributed by atoms with Crippen molar-refractivity contribution in [2.75, 3.05) is 26.9 Å². The Labute approximate surface area is 171 Å². The summed E-state index contributed by atoms with van der Waals surface area (Å²) in [6.45, 7) is 3.92. The van der Waals surface area contributed by atoms with Gasteiger partial charge in [-0.3, -0.25) is 14.9 Å². The highest BCUT2D eigenvalue weighted by Gasteiger charge is 2.55. The van der Waals surface area contributed by atoms with Crippen molar-refractivity contribution in [2.45, 2.75) is 44.2 Å². The number of carbonyl (C=O) groups is 1. The molecule has 0 aliphatic carbocycles. The van der Waals surface area contributed by atoms with Crippen molar-refractivity contribution in [3.63, 3.8) is 0 Å². The number of methoxy groups -OCH3 is 1. The van der Waals surface area contributed by atoms with Crippen LogP contribution >= 0.6 is 0 Å². The van der Waals surface area contributed by atoms with Crippen LogP contribution in [-0.4, -0.2) is 78.3 Å². The van der Waals surface area contributed by atoms with Crippen molar-refractivity contribution in [2.24, 2.45) is 0 Å². The zero-order valence-electron chi connectivity index (χ0n) is 16.7. The average Bonchev–Trinajstić information content (AvgIpc) is 3.16. The van der Waals surface area contributed by atoms with Gasteiger partial charge in [0.15, 0.2) is 23.6 Å². The monoisotopic (exact) mass is 428 g/mol. The van der Waals surface area contributed by atoms with Crippen LogP contribution in [0.3, 0.4) is 0 Å². The number of nitrogens with zero attached hydrogens (tertiary/aromatic N) is 1. The average molecular weight is 428 g/mol. The van der Waals surface area contributed by atoms with E-state index in [4.69, 9.17) is 23.7 Å². The minimum absolute atomic E-state index is 0.0547. The SMILES string of the molecule is CO[C@@H]1O[C@H](COCCNC(=O)c2cc([N+](=O)[O-])cc(O)c2O)[C@H]2OC(C)(C)O[C@@H]12. The van der Waals surface area contributed by atoms with Gasteiger partial charge in [-0.2, -0.15) is 0 Å². The summed E-state index contributed by atoms with van der Waals surface area (Å²) < 4.78 is 28.2. The third kappa shape index (κ3) is 4.63. The molecular weight excluding hydrogens is 404 g/mol. The Morgan fingerprint density at radius 1 is 1.30 bits per heavy atom. The molecule has 12 nitrogen and oxygen atoms in total. The van der Waals surface area contributed by atoms with Gasteiger partial charge in [0.25, 0.3) is 11.6 Å². The van der Waals surface area contributed by atoms with Crippen molar-refractivity contribution in [3.05, 3.63) is 27.8 Å². The molecule has 12 heteroatoms. The highest BCUT2D eigenvalue weighted by atomic mass is 16.8. The van der Waals surface area contributed by atoms with Gasteiger partial charge in [0, 0.05) is 19.7 Å². The first-order valence-corrected chi connectivity index (χ1v) is 9.23. The van der Waals surface area contributed by atoms with E-state index >= 15 is 0 Å². The molecule has 2 fully saturated rings. The molecular formula is C18H24N2O10. The van der Waals surface area contributed by atoms with Gasteiger partial charge in [-0.1, -0.05) is 0 Å². The van der Waals surface area contributed by atoms with Gasteiger partial charge in [-0.05, 0) is 13.8 Å². The van der Waals surface area contributed by atoms with E-state index in [-0.39, 0.29) is 32.0 Å². The number of rotatable bonds is 8. The van der Waals surface area contributed by atoms with Crippen molar-refractivity contribution in [1.29, 1.82) is 0 Å². The molecule has 166 valence electrons. The molecule has 1 aromatic carbocycles. The van der Waals surface area contributed by atoms with Crippen LogP contribution in [0.15, 0.2) is 12.1 Å². The molecule has 0 saturated carbocycles. The lowest BCUT2D eigenvalue weighted by Gasteiger charge is -2.23. The summed E-state index contributed by atoms with van der Waals surface area (Å²) in [5.41, 5.74) is -0.931. The molecule has 1 amide bonds. The number of nitrogens with one attached hydrogen (secondary N) is 1. The summed E-state index contributed by atoms with van der Waals surface area (Å²) in [4.78, 5) is 22.2. The van der Waals surface area contributed by atoms with Crippen LogP contribution in [0.4, 0.5) is 5.69 Å². The highest BCUT2D eigenvalue weighted by Crippen LogP contribution is 2.39. The molecule has 0 aromatic heterocycles. The van der Waals surface area contributed by atoms with Crippen molar-refractivity contribution < 1.29 is 43.6 Å². The summed E-state index contributed by atoms with van der Waals surface area (Å²) in [6.07, 6.45) is -1.73. The first-order valence-electron chi connectivity index (χ1n) is 9.23. The highest BCUT2D eigenvalue weighted by molar-refractivity contribution is 5.98. The van der Waals surface area contributed by atoms with E-state index in [1.807, 2.05) is 0 Å². The van der Waals surface area contributed by atoms with Crippen molar-refractivity contribution >= 4 is 11.6 Å².